The summed E-state index contributed by atoms with van der Waals surface area (Å²) < 4.78 is 5.75. The van der Waals surface area contributed by atoms with Gasteiger partial charge in [-0.15, -0.1) is 0 Å². The van der Waals surface area contributed by atoms with Crippen LogP contribution in [0.15, 0.2) is 10.5 Å². The molecule has 1 fully saturated rings. The number of aryl methyl sites for hydroxylation is 2. The quantitative estimate of drug-likeness (QED) is 0.838. The molecule has 0 saturated heterocycles. The molecule has 0 bridgehead atoms. The van der Waals surface area contributed by atoms with E-state index in [2.05, 4.69) is 52.9 Å². The highest BCUT2D eigenvalue weighted by Gasteiger charge is 2.67. The van der Waals surface area contributed by atoms with Gasteiger partial charge in [0.1, 0.15) is 11.5 Å². The molecule has 1 aromatic rings. The Morgan fingerprint density at radius 3 is 2.16 bits per heavy atom. The molecular weight excluding hydrogens is 234 g/mol. The van der Waals surface area contributed by atoms with Gasteiger partial charge in [-0.1, -0.05) is 34.6 Å². The SMILES string of the molecule is CCCNC(c1cc(C)oc1C)C1C(C)(C)C1(C)C. The van der Waals surface area contributed by atoms with Crippen LogP contribution in [0.4, 0.5) is 0 Å². The fourth-order valence-corrected chi connectivity index (χ4v) is 3.75. The summed E-state index contributed by atoms with van der Waals surface area (Å²) in [4.78, 5) is 0. The van der Waals surface area contributed by atoms with E-state index in [0.717, 1.165) is 18.1 Å². The molecule has 1 aliphatic carbocycles. The fourth-order valence-electron chi connectivity index (χ4n) is 3.75. The molecule has 1 unspecified atom stereocenters. The average molecular weight is 263 g/mol. The van der Waals surface area contributed by atoms with Crippen molar-refractivity contribution in [2.75, 3.05) is 6.54 Å². The van der Waals surface area contributed by atoms with Gasteiger partial charge < -0.3 is 9.73 Å². The summed E-state index contributed by atoms with van der Waals surface area (Å²) in [7, 11) is 0. The number of hydrogen-bond acceptors (Lipinski definition) is 2. The third kappa shape index (κ3) is 2.24. The van der Waals surface area contributed by atoms with Crippen molar-refractivity contribution in [3.05, 3.63) is 23.2 Å². The summed E-state index contributed by atoms with van der Waals surface area (Å²) in [5.74, 6) is 2.76. The Balaban J connectivity index is 2.31. The molecule has 19 heavy (non-hydrogen) atoms. The third-order valence-corrected chi connectivity index (χ3v) is 5.49. The zero-order valence-corrected chi connectivity index (χ0v) is 13.6. The van der Waals surface area contributed by atoms with Crippen LogP contribution in [0.1, 0.15) is 64.2 Å². The van der Waals surface area contributed by atoms with E-state index in [1.54, 1.807) is 0 Å². The molecule has 0 aliphatic heterocycles. The first kappa shape index (κ1) is 14.6. The molecule has 2 nitrogen and oxygen atoms in total. The lowest BCUT2D eigenvalue weighted by atomic mass is 9.96. The highest BCUT2D eigenvalue weighted by Crippen LogP contribution is 2.72. The third-order valence-electron chi connectivity index (χ3n) is 5.49. The number of nitrogens with one attached hydrogen (secondary N) is 1. The van der Waals surface area contributed by atoms with Crippen molar-refractivity contribution in [1.29, 1.82) is 0 Å². The van der Waals surface area contributed by atoms with Crippen LogP contribution in [0.2, 0.25) is 0 Å². The zero-order valence-electron chi connectivity index (χ0n) is 13.6. The maximum atomic E-state index is 5.75. The van der Waals surface area contributed by atoms with Crippen LogP contribution in [0, 0.1) is 30.6 Å². The monoisotopic (exact) mass is 263 g/mol. The van der Waals surface area contributed by atoms with Crippen LogP contribution in [-0.4, -0.2) is 6.54 Å². The molecular formula is C17H29NO. The van der Waals surface area contributed by atoms with Crippen LogP contribution in [0.3, 0.4) is 0 Å². The standard InChI is InChI=1S/C17H29NO/c1-8-9-18-14(13-10-11(2)19-12(13)3)15-16(4,5)17(15,6)7/h10,14-15,18H,8-9H2,1-7H3. The van der Waals surface area contributed by atoms with Crippen LogP contribution in [-0.2, 0) is 0 Å². The maximum Gasteiger partial charge on any atom is 0.105 e. The minimum Gasteiger partial charge on any atom is -0.466 e. The molecule has 1 atom stereocenters. The van der Waals surface area contributed by atoms with Gasteiger partial charge in [-0.25, -0.2) is 0 Å². The van der Waals surface area contributed by atoms with Crippen molar-refractivity contribution in [2.45, 2.75) is 60.9 Å². The molecule has 2 heteroatoms. The van der Waals surface area contributed by atoms with Gasteiger partial charge >= 0.3 is 0 Å². The molecule has 108 valence electrons. The highest BCUT2D eigenvalue weighted by molar-refractivity contribution is 5.30. The van der Waals surface area contributed by atoms with Gasteiger partial charge in [0, 0.05) is 11.6 Å². The summed E-state index contributed by atoms with van der Waals surface area (Å²) in [6, 6.07) is 2.63. The smallest absolute Gasteiger partial charge is 0.105 e. The van der Waals surface area contributed by atoms with E-state index in [0.29, 0.717) is 22.8 Å². The molecule has 0 aromatic carbocycles. The molecule has 1 saturated carbocycles. The molecule has 0 amide bonds. The minimum absolute atomic E-state index is 0.385. The Kier molecular flexibility index (Phi) is 3.59. The molecule has 0 spiro atoms. The predicted molar refractivity (Wildman–Crippen MR) is 80.3 cm³/mol. The van der Waals surface area contributed by atoms with E-state index in [1.165, 1.54) is 12.0 Å². The lowest BCUT2D eigenvalue weighted by Crippen LogP contribution is -2.26. The Labute approximate surface area is 118 Å². The van der Waals surface area contributed by atoms with Crippen LogP contribution in [0.5, 0.6) is 0 Å². The van der Waals surface area contributed by atoms with Gasteiger partial charge in [0.15, 0.2) is 0 Å². The van der Waals surface area contributed by atoms with E-state index in [1.807, 2.05) is 6.92 Å². The normalized spacial score (nSPS) is 22.5. The Hall–Kier alpha value is -0.760. The number of furan rings is 1. The molecule has 0 radical (unpaired) electrons. The summed E-state index contributed by atoms with van der Waals surface area (Å²) in [6.45, 7) is 17.0. The summed E-state index contributed by atoms with van der Waals surface area (Å²) in [5, 5.41) is 3.75. The number of hydrogen-bond donors (Lipinski definition) is 1. The van der Waals surface area contributed by atoms with Crippen LogP contribution in [0.25, 0.3) is 0 Å². The first-order valence-corrected chi connectivity index (χ1v) is 7.53. The second kappa shape index (κ2) is 4.66. The molecule has 1 heterocycles. The van der Waals surface area contributed by atoms with Gasteiger partial charge in [0.2, 0.25) is 0 Å². The van der Waals surface area contributed by atoms with Crippen LogP contribution >= 0.6 is 0 Å². The lowest BCUT2D eigenvalue weighted by molar-refractivity contribution is 0.401. The first-order chi connectivity index (χ1) is 8.73. The second-order valence-corrected chi connectivity index (χ2v) is 7.22. The molecule has 1 aliphatic rings. The van der Waals surface area contributed by atoms with E-state index in [4.69, 9.17) is 4.42 Å². The van der Waals surface area contributed by atoms with Crippen molar-refractivity contribution < 1.29 is 4.42 Å². The average Bonchev–Trinajstić information content (AvgIpc) is 2.56. The zero-order chi connectivity index (χ0) is 14.4. The van der Waals surface area contributed by atoms with Crippen molar-refractivity contribution in [1.82, 2.24) is 5.32 Å². The van der Waals surface area contributed by atoms with Crippen molar-refractivity contribution in [2.24, 2.45) is 16.7 Å². The predicted octanol–water partition coefficient (Wildman–Crippen LogP) is 4.62. The van der Waals surface area contributed by atoms with E-state index < -0.39 is 0 Å². The van der Waals surface area contributed by atoms with Crippen LogP contribution < -0.4 is 5.32 Å². The van der Waals surface area contributed by atoms with E-state index >= 15 is 0 Å². The van der Waals surface area contributed by atoms with Crippen molar-refractivity contribution in [3.63, 3.8) is 0 Å². The van der Waals surface area contributed by atoms with Crippen molar-refractivity contribution >= 4 is 0 Å². The maximum absolute atomic E-state index is 5.75. The van der Waals surface area contributed by atoms with Crippen molar-refractivity contribution in [3.8, 4) is 0 Å². The van der Waals surface area contributed by atoms with Gasteiger partial charge in [0.05, 0.1) is 0 Å². The fraction of sp³-hybridized carbons (Fsp3) is 0.765. The highest BCUT2D eigenvalue weighted by atomic mass is 16.3. The Bertz CT molecular complexity index is 442. The Morgan fingerprint density at radius 1 is 1.21 bits per heavy atom. The van der Waals surface area contributed by atoms with Gasteiger partial charge in [0.25, 0.3) is 0 Å². The molecule has 1 aromatic heterocycles. The topological polar surface area (TPSA) is 25.2 Å². The summed E-state index contributed by atoms with van der Waals surface area (Å²) >= 11 is 0. The summed E-state index contributed by atoms with van der Waals surface area (Å²) in [5.41, 5.74) is 2.13. The molecule has 1 N–H and O–H groups in total. The van der Waals surface area contributed by atoms with Gasteiger partial charge in [-0.05, 0) is 49.6 Å². The largest absolute Gasteiger partial charge is 0.466 e. The van der Waals surface area contributed by atoms with E-state index in [9.17, 15) is 0 Å². The Morgan fingerprint density at radius 2 is 1.79 bits per heavy atom. The second-order valence-electron chi connectivity index (χ2n) is 7.22. The first-order valence-electron chi connectivity index (χ1n) is 7.53. The number of rotatable bonds is 5. The van der Waals surface area contributed by atoms with E-state index in [-0.39, 0.29) is 0 Å². The van der Waals surface area contributed by atoms with Gasteiger partial charge in [-0.2, -0.15) is 0 Å². The minimum atomic E-state index is 0.385. The van der Waals surface area contributed by atoms with Gasteiger partial charge in [-0.3, -0.25) is 0 Å². The molecule has 2 rings (SSSR count). The summed E-state index contributed by atoms with van der Waals surface area (Å²) in [6.07, 6.45) is 1.17. The lowest BCUT2D eigenvalue weighted by Gasteiger charge is -2.20.